The van der Waals surface area contributed by atoms with Gasteiger partial charge in [-0.3, -0.25) is 0 Å². The van der Waals surface area contributed by atoms with Crippen molar-refractivity contribution in [3.63, 3.8) is 0 Å². The molecular formula is C10H9IOS. The number of aryl methyl sites for hydroxylation is 1. The number of fused-ring (bicyclic) bond motifs is 1. The van der Waals surface area contributed by atoms with Crippen LogP contribution < -0.4 is 0 Å². The summed E-state index contributed by atoms with van der Waals surface area (Å²) in [4.78, 5) is 0. The SMILES string of the molecule is Cc1c(CO)ccc2sc(I)cc12. The van der Waals surface area contributed by atoms with E-state index in [9.17, 15) is 0 Å². The van der Waals surface area contributed by atoms with Gasteiger partial charge >= 0.3 is 0 Å². The van der Waals surface area contributed by atoms with Gasteiger partial charge in [0.05, 0.1) is 9.49 Å². The Morgan fingerprint density at radius 1 is 1.46 bits per heavy atom. The molecule has 0 aliphatic carbocycles. The summed E-state index contributed by atoms with van der Waals surface area (Å²) in [7, 11) is 0. The standard InChI is InChI=1S/C10H9IOS/c1-6-7(5-12)2-3-9-8(6)4-10(11)13-9/h2-4,12H,5H2,1H3. The minimum Gasteiger partial charge on any atom is -0.392 e. The van der Waals surface area contributed by atoms with E-state index in [0.717, 1.165) is 5.56 Å². The number of hydrogen-bond acceptors (Lipinski definition) is 2. The maximum Gasteiger partial charge on any atom is 0.0684 e. The number of rotatable bonds is 1. The zero-order valence-electron chi connectivity index (χ0n) is 7.17. The van der Waals surface area contributed by atoms with Crippen molar-refractivity contribution in [3.8, 4) is 0 Å². The van der Waals surface area contributed by atoms with Crippen LogP contribution in [0.1, 0.15) is 11.1 Å². The Balaban J connectivity index is 2.78. The molecule has 0 saturated carbocycles. The van der Waals surface area contributed by atoms with Crippen molar-refractivity contribution in [2.45, 2.75) is 13.5 Å². The van der Waals surface area contributed by atoms with Gasteiger partial charge in [0.15, 0.2) is 0 Å². The van der Waals surface area contributed by atoms with Crippen LogP contribution in [0, 0.1) is 9.81 Å². The molecule has 0 aliphatic heterocycles. The highest BCUT2D eigenvalue weighted by atomic mass is 127. The molecule has 1 heterocycles. The molecule has 68 valence electrons. The van der Waals surface area contributed by atoms with Gasteiger partial charge in [-0.05, 0) is 58.2 Å². The normalized spacial score (nSPS) is 11.0. The molecule has 0 spiro atoms. The van der Waals surface area contributed by atoms with E-state index in [1.165, 1.54) is 18.5 Å². The second-order valence-electron chi connectivity index (χ2n) is 2.97. The van der Waals surface area contributed by atoms with Crippen molar-refractivity contribution in [2.75, 3.05) is 0 Å². The highest BCUT2D eigenvalue weighted by molar-refractivity contribution is 14.1. The third-order valence-electron chi connectivity index (χ3n) is 2.22. The monoisotopic (exact) mass is 304 g/mol. The van der Waals surface area contributed by atoms with Crippen molar-refractivity contribution >= 4 is 44.0 Å². The van der Waals surface area contributed by atoms with Gasteiger partial charge in [0.25, 0.3) is 0 Å². The topological polar surface area (TPSA) is 20.2 Å². The van der Waals surface area contributed by atoms with Crippen LogP contribution in [0.25, 0.3) is 10.1 Å². The van der Waals surface area contributed by atoms with E-state index in [0.29, 0.717) is 0 Å². The zero-order valence-corrected chi connectivity index (χ0v) is 10.1. The van der Waals surface area contributed by atoms with Crippen molar-refractivity contribution in [1.82, 2.24) is 0 Å². The largest absolute Gasteiger partial charge is 0.392 e. The molecule has 2 aromatic rings. The van der Waals surface area contributed by atoms with Crippen LogP contribution >= 0.6 is 33.9 Å². The van der Waals surface area contributed by atoms with Crippen LogP contribution in [0.5, 0.6) is 0 Å². The van der Waals surface area contributed by atoms with E-state index >= 15 is 0 Å². The molecule has 0 radical (unpaired) electrons. The number of thiophene rings is 1. The molecule has 0 bridgehead atoms. The second-order valence-corrected chi connectivity index (χ2v) is 5.95. The van der Waals surface area contributed by atoms with Crippen molar-refractivity contribution in [3.05, 3.63) is 32.2 Å². The highest BCUT2D eigenvalue weighted by Crippen LogP contribution is 2.30. The number of halogens is 1. The average molecular weight is 304 g/mol. The summed E-state index contributed by atoms with van der Waals surface area (Å²) in [6.45, 7) is 2.20. The summed E-state index contributed by atoms with van der Waals surface area (Å²) in [5.74, 6) is 0. The summed E-state index contributed by atoms with van der Waals surface area (Å²) < 4.78 is 2.60. The second kappa shape index (κ2) is 3.55. The van der Waals surface area contributed by atoms with Crippen LogP contribution in [-0.4, -0.2) is 5.11 Å². The first-order valence-electron chi connectivity index (χ1n) is 4.01. The zero-order chi connectivity index (χ0) is 9.42. The fourth-order valence-electron chi connectivity index (χ4n) is 1.44. The first-order valence-corrected chi connectivity index (χ1v) is 5.90. The first kappa shape index (κ1) is 9.43. The lowest BCUT2D eigenvalue weighted by atomic mass is 10.1. The van der Waals surface area contributed by atoms with E-state index in [1.54, 1.807) is 11.3 Å². The molecule has 3 heteroatoms. The Bertz CT molecular complexity index is 447. The molecule has 13 heavy (non-hydrogen) atoms. The summed E-state index contributed by atoms with van der Waals surface area (Å²) in [5, 5.41) is 10.4. The summed E-state index contributed by atoms with van der Waals surface area (Å²) in [6, 6.07) is 6.26. The van der Waals surface area contributed by atoms with Gasteiger partial charge in [0, 0.05) is 4.70 Å². The lowest BCUT2D eigenvalue weighted by molar-refractivity contribution is 0.281. The minimum absolute atomic E-state index is 0.133. The molecule has 1 aromatic heterocycles. The van der Waals surface area contributed by atoms with Gasteiger partial charge in [-0.25, -0.2) is 0 Å². The molecule has 0 unspecified atom stereocenters. The fourth-order valence-corrected chi connectivity index (χ4v) is 3.30. The first-order chi connectivity index (χ1) is 6.22. The Morgan fingerprint density at radius 2 is 2.23 bits per heavy atom. The minimum atomic E-state index is 0.133. The number of aliphatic hydroxyl groups excluding tert-OH is 1. The lowest BCUT2D eigenvalue weighted by Gasteiger charge is -2.02. The van der Waals surface area contributed by atoms with Crippen LogP contribution in [0.2, 0.25) is 0 Å². The number of aliphatic hydroxyl groups is 1. The highest BCUT2D eigenvalue weighted by Gasteiger charge is 2.05. The quantitative estimate of drug-likeness (QED) is 0.802. The Hall–Kier alpha value is -0.130. The Labute approximate surface area is 94.5 Å². The molecule has 0 saturated heterocycles. The van der Waals surface area contributed by atoms with Crippen molar-refractivity contribution in [1.29, 1.82) is 0 Å². The van der Waals surface area contributed by atoms with E-state index in [1.807, 2.05) is 6.07 Å². The summed E-state index contributed by atoms with van der Waals surface area (Å²) in [6.07, 6.45) is 0. The van der Waals surface area contributed by atoms with E-state index < -0.39 is 0 Å². The molecular weight excluding hydrogens is 295 g/mol. The molecule has 1 N–H and O–H groups in total. The van der Waals surface area contributed by atoms with Gasteiger partial charge in [0.2, 0.25) is 0 Å². The van der Waals surface area contributed by atoms with Gasteiger partial charge in [-0.15, -0.1) is 11.3 Å². The summed E-state index contributed by atoms with van der Waals surface area (Å²) >= 11 is 4.12. The smallest absolute Gasteiger partial charge is 0.0684 e. The van der Waals surface area contributed by atoms with Gasteiger partial charge in [-0.1, -0.05) is 6.07 Å². The van der Waals surface area contributed by atoms with Crippen LogP contribution in [0.15, 0.2) is 18.2 Å². The van der Waals surface area contributed by atoms with E-state index in [4.69, 9.17) is 5.11 Å². The Kier molecular flexibility index (Phi) is 2.58. The number of benzene rings is 1. The third kappa shape index (κ3) is 1.60. The molecule has 1 aromatic carbocycles. The van der Waals surface area contributed by atoms with Crippen LogP contribution in [-0.2, 0) is 6.61 Å². The summed E-state index contributed by atoms with van der Waals surface area (Å²) in [5.41, 5.74) is 2.24. The molecule has 2 rings (SSSR count). The lowest BCUT2D eigenvalue weighted by Crippen LogP contribution is -1.87. The Morgan fingerprint density at radius 3 is 2.92 bits per heavy atom. The van der Waals surface area contributed by atoms with Crippen LogP contribution in [0.4, 0.5) is 0 Å². The fraction of sp³-hybridized carbons (Fsp3) is 0.200. The van der Waals surface area contributed by atoms with Crippen molar-refractivity contribution < 1.29 is 5.11 Å². The predicted octanol–water partition coefficient (Wildman–Crippen LogP) is 3.31. The van der Waals surface area contributed by atoms with Crippen molar-refractivity contribution in [2.24, 2.45) is 0 Å². The van der Waals surface area contributed by atoms with Gasteiger partial charge in [-0.2, -0.15) is 0 Å². The molecule has 0 amide bonds. The number of hydrogen-bond donors (Lipinski definition) is 1. The van der Waals surface area contributed by atoms with E-state index in [-0.39, 0.29) is 6.61 Å². The maximum absolute atomic E-state index is 9.09. The average Bonchev–Trinajstić information content (AvgIpc) is 2.47. The molecule has 0 fully saturated rings. The van der Waals surface area contributed by atoms with Crippen LogP contribution in [0.3, 0.4) is 0 Å². The predicted molar refractivity (Wildman–Crippen MR) is 65.2 cm³/mol. The molecule has 0 aliphatic rings. The molecule has 1 nitrogen and oxygen atoms in total. The van der Waals surface area contributed by atoms with Gasteiger partial charge < -0.3 is 5.11 Å². The third-order valence-corrected chi connectivity index (χ3v) is 4.08. The van der Waals surface area contributed by atoms with Gasteiger partial charge in [0.1, 0.15) is 0 Å². The maximum atomic E-state index is 9.09. The van der Waals surface area contributed by atoms with E-state index in [2.05, 4.69) is 41.6 Å². The molecule has 0 atom stereocenters.